The summed E-state index contributed by atoms with van der Waals surface area (Å²) in [4.78, 5) is 43.6. The third-order valence-electron chi connectivity index (χ3n) is 7.17. The van der Waals surface area contributed by atoms with Crippen LogP contribution in [0.25, 0.3) is 0 Å². The number of anilines is 1. The minimum absolute atomic E-state index is 0.0146. The Labute approximate surface area is 231 Å². The van der Waals surface area contributed by atoms with E-state index in [2.05, 4.69) is 5.32 Å². The molecule has 2 amide bonds. The Morgan fingerprint density at radius 3 is 2.51 bits per heavy atom. The third-order valence-corrected chi connectivity index (χ3v) is 8.05. The Morgan fingerprint density at radius 1 is 1.05 bits per heavy atom. The molecule has 2 heterocycles. The lowest BCUT2D eigenvalue weighted by atomic mass is 9.94. The number of rotatable bonds is 9. The van der Waals surface area contributed by atoms with Gasteiger partial charge in [-0.1, -0.05) is 37.5 Å². The molecule has 1 aromatic heterocycles. The van der Waals surface area contributed by atoms with Crippen molar-refractivity contribution in [3.8, 4) is 17.2 Å². The molecule has 204 valence electrons. The molecule has 1 atom stereocenters. The fourth-order valence-electron chi connectivity index (χ4n) is 5.23. The van der Waals surface area contributed by atoms with Crippen molar-refractivity contribution >= 4 is 34.6 Å². The van der Waals surface area contributed by atoms with Crippen LogP contribution in [0.1, 0.15) is 65.9 Å². The maximum atomic E-state index is 14.2. The van der Waals surface area contributed by atoms with Crippen molar-refractivity contribution in [2.45, 2.75) is 57.5 Å². The molecular weight excluding hydrogens is 516 g/mol. The zero-order valence-corrected chi connectivity index (χ0v) is 22.9. The number of hydrogen-bond donors (Lipinski definition) is 1. The summed E-state index contributed by atoms with van der Waals surface area (Å²) >= 11 is 1.47. The topological polar surface area (TPSA) is 94.2 Å². The van der Waals surface area contributed by atoms with Gasteiger partial charge in [0.1, 0.15) is 11.8 Å². The van der Waals surface area contributed by atoms with E-state index in [0.29, 0.717) is 28.5 Å². The van der Waals surface area contributed by atoms with E-state index >= 15 is 0 Å². The highest BCUT2D eigenvalue weighted by Gasteiger charge is 2.37. The lowest BCUT2D eigenvalue weighted by Gasteiger charge is -2.34. The highest BCUT2D eigenvalue weighted by molar-refractivity contribution is 7.10. The number of nitrogens with zero attached hydrogens (tertiary/aromatic N) is 1. The summed E-state index contributed by atoms with van der Waals surface area (Å²) in [5.74, 6) is 0.535. The molecule has 0 saturated heterocycles. The molecule has 1 unspecified atom stereocenters. The summed E-state index contributed by atoms with van der Waals surface area (Å²) in [5, 5.41) is 5.11. The van der Waals surface area contributed by atoms with Crippen molar-refractivity contribution < 1.29 is 28.6 Å². The zero-order valence-electron chi connectivity index (χ0n) is 22.1. The molecule has 2 aromatic carbocycles. The van der Waals surface area contributed by atoms with Crippen LogP contribution in [0.3, 0.4) is 0 Å². The van der Waals surface area contributed by atoms with Gasteiger partial charge < -0.3 is 19.5 Å². The number of ether oxygens (including phenoxy) is 3. The second-order valence-corrected chi connectivity index (χ2v) is 10.9. The molecule has 0 spiro atoms. The Morgan fingerprint density at radius 2 is 1.82 bits per heavy atom. The van der Waals surface area contributed by atoms with Crippen molar-refractivity contribution in [1.29, 1.82) is 0 Å². The third kappa shape index (κ3) is 5.93. The Balaban J connectivity index is 1.66. The van der Waals surface area contributed by atoms with Crippen LogP contribution in [-0.4, -0.2) is 37.5 Å². The van der Waals surface area contributed by atoms with Gasteiger partial charge in [-0.2, -0.15) is 0 Å². The Bertz CT molecular complexity index is 1350. The highest BCUT2D eigenvalue weighted by atomic mass is 32.1. The minimum Gasteiger partial charge on any atom is -0.497 e. The van der Waals surface area contributed by atoms with Gasteiger partial charge in [0.05, 0.1) is 19.2 Å². The number of nitrogens with one attached hydrogen (secondary N) is 1. The summed E-state index contributed by atoms with van der Waals surface area (Å²) in [6.45, 7) is 1.45. The van der Waals surface area contributed by atoms with Crippen molar-refractivity contribution in [2.24, 2.45) is 0 Å². The van der Waals surface area contributed by atoms with Crippen molar-refractivity contribution in [3.63, 3.8) is 0 Å². The number of ketones is 1. The van der Waals surface area contributed by atoms with Gasteiger partial charge in [0, 0.05) is 22.5 Å². The van der Waals surface area contributed by atoms with E-state index in [1.54, 1.807) is 43.5 Å². The van der Waals surface area contributed by atoms with Crippen LogP contribution in [-0.2, 0) is 16.0 Å². The summed E-state index contributed by atoms with van der Waals surface area (Å²) in [5.41, 5.74) is 1.16. The molecule has 0 bridgehead atoms. The smallest absolute Gasteiger partial charge is 0.248 e. The maximum absolute atomic E-state index is 14.2. The largest absolute Gasteiger partial charge is 0.497 e. The fraction of sp³-hybridized carbons (Fsp3) is 0.367. The van der Waals surface area contributed by atoms with Gasteiger partial charge >= 0.3 is 0 Å². The number of methoxy groups -OCH3 is 1. The monoisotopic (exact) mass is 548 g/mol. The second-order valence-electron chi connectivity index (χ2n) is 9.82. The average Bonchev–Trinajstić information content (AvgIpc) is 3.63. The first-order valence-corrected chi connectivity index (χ1v) is 14.1. The number of amides is 2. The molecular formula is C30H32N2O6S. The lowest BCUT2D eigenvalue weighted by molar-refractivity contribution is -0.127. The fourth-order valence-corrected chi connectivity index (χ4v) is 5.93. The van der Waals surface area contributed by atoms with Crippen molar-refractivity contribution in [1.82, 2.24) is 5.32 Å². The maximum Gasteiger partial charge on any atom is 0.248 e. The first-order valence-electron chi connectivity index (χ1n) is 13.2. The number of thiophene rings is 1. The summed E-state index contributed by atoms with van der Waals surface area (Å²) < 4.78 is 16.6. The number of fused-ring (bicyclic) bond motifs is 1. The molecule has 2 aliphatic rings. The molecule has 1 saturated carbocycles. The van der Waals surface area contributed by atoms with Crippen LogP contribution in [0.15, 0.2) is 53.9 Å². The first-order chi connectivity index (χ1) is 18.9. The molecule has 9 heteroatoms. The predicted octanol–water partition coefficient (Wildman–Crippen LogP) is 5.45. The molecule has 0 radical (unpaired) electrons. The van der Waals surface area contributed by atoms with Crippen LogP contribution in [0, 0.1) is 0 Å². The van der Waals surface area contributed by atoms with Gasteiger partial charge in [0.25, 0.3) is 0 Å². The molecule has 1 N–H and O–H groups in total. The van der Waals surface area contributed by atoms with Crippen LogP contribution < -0.4 is 24.4 Å². The van der Waals surface area contributed by atoms with Gasteiger partial charge in [0.2, 0.25) is 18.6 Å². The Hall–Kier alpha value is -3.85. The molecule has 1 fully saturated rings. The van der Waals surface area contributed by atoms with Gasteiger partial charge in [-0.15, -0.1) is 11.3 Å². The zero-order chi connectivity index (χ0) is 27.4. The van der Waals surface area contributed by atoms with Gasteiger partial charge in [-0.25, -0.2) is 0 Å². The summed E-state index contributed by atoms with van der Waals surface area (Å²) in [6, 6.07) is 13.1. The van der Waals surface area contributed by atoms with Gasteiger partial charge in [-0.05, 0) is 55.0 Å². The first kappa shape index (κ1) is 26.7. The van der Waals surface area contributed by atoms with Crippen molar-refractivity contribution in [3.05, 3.63) is 69.9 Å². The summed E-state index contributed by atoms with van der Waals surface area (Å²) in [6.07, 6.45) is 5.10. The van der Waals surface area contributed by atoms with Gasteiger partial charge in [0.15, 0.2) is 17.3 Å². The average molecular weight is 549 g/mol. The van der Waals surface area contributed by atoms with Gasteiger partial charge in [-0.3, -0.25) is 19.3 Å². The van der Waals surface area contributed by atoms with Crippen molar-refractivity contribution in [2.75, 3.05) is 18.8 Å². The summed E-state index contributed by atoms with van der Waals surface area (Å²) in [7, 11) is 1.56. The standard InChI is InChI=1S/C30H32N2O6S/c1-19(33)24-16-26-27(38-18-37-26)17-25(24)32(28(34)15-23-12-7-13-39-23)29(20-8-6-11-22(14-20)36-2)30(35)31-21-9-4-3-5-10-21/h6-8,11-14,16-17,21,29H,3-5,9-10,15,18H2,1-2H3,(H,31,35). The number of benzene rings is 2. The second kappa shape index (κ2) is 11.9. The van der Waals surface area contributed by atoms with Crippen LogP contribution >= 0.6 is 11.3 Å². The number of carbonyl (C=O) groups is 3. The molecule has 39 heavy (non-hydrogen) atoms. The Kier molecular flexibility index (Phi) is 8.16. The number of Topliss-reactive ketones (excluding diaryl/α,β-unsaturated/α-hetero) is 1. The number of hydrogen-bond acceptors (Lipinski definition) is 7. The SMILES string of the molecule is COc1cccc(C(C(=O)NC2CCCCC2)N(C(=O)Cc2cccs2)c2cc3c(cc2C(C)=O)OCO3)c1. The number of carbonyl (C=O) groups excluding carboxylic acids is 3. The van der Waals surface area contributed by atoms with E-state index in [4.69, 9.17) is 14.2 Å². The van der Waals surface area contributed by atoms with E-state index in [0.717, 1.165) is 37.0 Å². The molecule has 3 aromatic rings. The van der Waals surface area contributed by atoms with E-state index in [1.807, 2.05) is 17.5 Å². The normalized spacial score (nSPS) is 15.4. The molecule has 1 aliphatic carbocycles. The van der Waals surface area contributed by atoms with Crippen LogP contribution in [0.2, 0.25) is 0 Å². The van der Waals surface area contributed by atoms with Crippen LogP contribution in [0.4, 0.5) is 5.69 Å². The predicted molar refractivity (Wildman–Crippen MR) is 149 cm³/mol. The van der Waals surface area contributed by atoms with E-state index in [1.165, 1.54) is 23.2 Å². The minimum atomic E-state index is -1.05. The van der Waals surface area contributed by atoms with Crippen LogP contribution in [0.5, 0.6) is 17.2 Å². The molecule has 5 rings (SSSR count). The molecule has 8 nitrogen and oxygen atoms in total. The lowest BCUT2D eigenvalue weighted by Crippen LogP contribution is -2.48. The van der Waals surface area contributed by atoms with E-state index in [-0.39, 0.29) is 42.4 Å². The van der Waals surface area contributed by atoms with E-state index < -0.39 is 6.04 Å². The highest BCUT2D eigenvalue weighted by Crippen LogP contribution is 2.42. The molecule has 1 aliphatic heterocycles. The quantitative estimate of drug-likeness (QED) is 0.357. The van der Waals surface area contributed by atoms with E-state index in [9.17, 15) is 14.4 Å².